The minimum Gasteiger partial charge on any atom is -0.291 e. The van der Waals surface area contributed by atoms with Crippen molar-refractivity contribution >= 4 is 17.8 Å². The molecule has 0 aliphatic carbocycles. The van der Waals surface area contributed by atoms with E-state index in [1.165, 1.54) is 6.20 Å². The monoisotopic (exact) mass is 346 g/mol. The largest absolute Gasteiger partial charge is 0.327 e. The molecule has 0 unspecified atom stereocenters. The van der Waals surface area contributed by atoms with Crippen molar-refractivity contribution in [1.82, 2.24) is 15.3 Å². The maximum Gasteiger partial charge on any atom is 0.327 e. The van der Waals surface area contributed by atoms with Crippen molar-refractivity contribution in [3.8, 4) is 11.3 Å². The van der Waals surface area contributed by atoms with Crippen molar-refractivity contribution in [3.05, 3.63) is 77.6 Å². The fraction of sp³-hybridized carbons (Fsp3) is 0.100. The van der Waals surface area contributed by atoms with Gasteiger partial charge in [0, 0.05) is 11.1 Å². The van der Waals surface area contributed by atoms with Crippen LogP contribution in [-0.2, 0) is 0 Å². The van der Waals surface area contributed by atoms with Crippen LogP contribution in [0, 0.1) is 13.8 Å². The summed E-state index contributed by atoms with van der Waals surface area (Å²) in [4.78, 5) is 32.8. The highest BCUT2D eigenvalue weighted by Crippen LogP contribution is 2.16. The predicted molar refractivity (Wildman–Crippen MR) is 99.9 cm³/mol. The van der Waals surface area contributed by atoms with Crippen LogP contribution < -0.4 is 10.6 Å². The third kappa shape index (κ3) is 3.92. The summed E-state index contributed by atoms with van der Waals surface area (Å²) in [5.74, 6) is -0.191. The molecule has 0 spiro atoms. The first-order valence-corrected chi connectivity index (χ1v) is 8.10. The molecule has 0 atom stereocenters. The van der Waals surface area contributed by atoms with E-state index in [0.29, 0.717) is 11.3 Å². The second-order valence-corrected chi connectivity index (χ2v) is 5.83. The molecular weight excluding hydrogens is 328 g/mol. The zero-order valence-electron chi connectivity index (χ0n) is 14.5. The van der Waals surface area contributed by atoms with Crippen LogP contribution in [-0.4, -0.2) is 21.9 Å². The molecule has 0 aliphatic heterocycles. The van der Waals surface area contributed by atoms with E-state index in [1.54, 1.807) is 6.20 Å². The smallest absolute Gasteiger partial charge is 0.291 e. The average Bonchev–Trinajstić information content (AvgIpc) is 2.63. The first-order valence-electron chi connectivity index (χ1n) is 8.10. The van der Waals surface area contributed by atoms with Crippen LogP contribution in [0.5, 0.6) is 0 Å². The summed E-state index contributed by atoms with van der Waals surface area (Å²) in [5, 5.41) is 4.83. The number of benzene rings is 2. The lowest BCUT2D eigenvalue weighted by atomic mass is 10.0. The summed E-state index contributed by atoms with van der Waals surface area (Å²) < 4.78 is 0. The highest BCUT2D eigenvalue weighted by atomic mass is 16.2. The van der Waals surface area contributed by atoms with E-state index in [4.69, 9.17) is 0 Å². The average molecular weight is 346 g/mol. The molecule has 26 heavy (non-hydrogen) atoms. The van der Waals surface area contributed by atoms with Crippen LogP contribution in [0.1, 0.15) is 21.5 Å². The number of urea groups is 1. The standard InChI is InChI=1S/C20H18N4O2/c1-13-7-6-8-14(2)18(13)19(25)24-20(26)23-17-12-21-16(11-22-17)15-9-4-3-5-10-15/h3-12H,1-2H3,(H2,22,23,24,25,26). The third-order valence-corrected chi connectivity index (χ3v) is 3.90. The quantitative estimate of drug-likeness (QED) is 0.757. The maximum atomic E-state index is 12.3. The van der Waals surface area contributed by atoms with Gasteiger partial charge in [-0.2, -0.15) is 0 Å². The molecule has 3 rings (SSSR count). The second-order valence-electron chi connectivity index (χ2n) is 5.83. The Morgan fingerprint density at radius 3 is 2.15 bits per heavy atom. The highest BCUT2D eigenvalue weighted by Gasteiger charge is 2.15. The van der Waals surface area contributed by atoms with Gasteiger partial charge in [-0.15, -0.1) is 0 Å². The lowest BCUT2D eigenvalue weighted by Gasteiger charge is -2.10. The van der Waals surface area contributed by atoms with Crippen LogP contribution >= 0.6 is 0 Å². The number of hydrogen-bond acceptors (Lipinski definition) is 4. The van der Waals surface area contributed by atoms with Crippen LogP contribution in [0.25, 0.3) is 11.3 Å². The number of imide groups is 1. The fourth-order valence-electron chi connectivity index (χ4n) is 2.64. The summed E-state index contributed by atoms with van der Waals surface area (Å²) in [6.45, 7) is 3.65. The van der Waals surface area contributed by atoms with E-state index in [0.717, 1.165) is 16.7 Å². The first-order chi connectivity index (χ1) is 12.5. The number of rotatable bonds is 3. The van der Waals surface area contributed by atoms with Crippen LogP contribution in [0.2, 0.25) is 0 Å². The Labute approximate surface area is 151 Å². The predicted octanol–water partition coefficient (Wildman–Crippen LogP) is 3.72. The van der Waals surface area contributed by atoms with Gasteiger partial charge < -0.3 is 0 Å². The molecule has 1 aromatic heterocycles. The van der Waals surface area contributed by atoms with Crippen molar-refractivity contribution in [1.29, 1.82) is 0 Å². The Hall–Kier alpha value is -3.54. The molecule has 0 fully saturated rings. The Morgan fingerprint density at radius 1 is 0.846 bits per heavy atom. The molecule has 0 radical (unpaired) electrons. The molecule has 2 aromatic carbocycles. The van der Waals surface area contributed by atoms with Crippen molar-refractivity contribution in [2.24, 2.45) is 0 Å². The highest BCUT2D eigenvalue weighted by molar-refractivity contribution is 6.09. The number of aromatic nitrogens is 2. The number of aryl methyl sites for hydroxylation is 2. The van der Waals surface area contributed by atoms with Gasteiger partial charge in [0.15, 0.2) is 5.82 Å². The number of hydrogen-bond donors (Lipinski definition) is 2. The zero-order valence-corrected chi connectivity index (χ0v) is 14.5. The topological polar surface area (TPSA) is 84.0 Å². The van der Waals surface area contributed by atoms with E-state index in [9.17, 15) is 9.59 Å². The molecule has 3 aromatic rings. The van der Waals surface area contributed by atoms with Gasteiger partial charge in [0.05, 0.1) is 18.1 Å². The molecule has 3 amide bonds. The molecule has 0 aliphatic rings. The minimum absolute atomic E-state index is 0.261. The van der Waals surface area contributed by atoms with Crippen LogP contribution in [0.3, 0.4) is 0 Å². The Bertz CT molecular complexity index is 918. The van der Waals surface area contributed by atoms with Gasteiger partial charge in [0.2, 0.25) is 0 Å². The molecule has 6 nitrogen and oxygen atoms in total. The van der Waals surface area contributed by atoms with Gasteiger partial charge in [-0.1, -0.05) is 48.5 Å². The fourth-order valence-corrected chi connectivity index (χ4v) is 2.64. The molecular formula is C20H18N4O2. The van der Waals surface area contributed by atoms with Gasteiger partial charge in [0.1, 0.15) is 0 Å². The van der Waals surface area contributed by atoms with Crippen LogP contribution in [0.15, 0.2) is 60.9 Å². The normalized spacial score (nSPS) is 10.2. The Morgan fingerprint density at radius 2 is 1.54 bits per heavy atom. The lowest BCUT2D eigenvalue weighted by molar-refractivity contribution is 0.0966. The first kappa shape index (κ1) is 17.3. The number of carbonyl (C=O) groups excluding carboxylic acids is 2. The number of anilines is 1. The summed E-state index contributed by atoms with van der Waals surface area (Å²) in [7, 11) is 0. The van der Waals surface area contributed by atoms with Gasteiger partial charge in [-0.05, 0) is 25.0 Å². The number of nitrogens with zero attached hydrogens (tertiary/aromatic N) is 2. The van der Waals surface area contributed by atoms with Gasteiger partial charge in [0.25, 0.3) is 5.91 Å². The van der Waals surface area contributed by atoms with E-state index in [1.807, 2.05) is 62.4 Å². The van der Waals surface area contributed by atoms with Crippen LogP contribution in [0.4, 0.5) is 10.6 Å². The summed E-state index contributed by atoms with van der Waals surface area (Å²) in [6.07, 6.45) is 3.02. The van der Waals surface area contributed by atoms with Gasteiger partial charge >= 0.3 is 6.03 Å². The summed E-state index contributed by atoms with van der Waals surface area (Å²) in [6, 6.07) is 14.5. The zero-order chi connectivity index (χ0) is 18.5. The van der Waals surface area contributed by atoms with E-state index >= 15 is 0 Å². The molecule has 2 N–H and O–H groups in total. The number of amides is 3. The van der Waals surface area contributed by atoms with Gasteiger partial charge in [-0.3, -0.25) is 20.4 Å². The number of nitrogens with one attached hydrogen (secondary N) is 2. The molecule has 0 saturated carbocycles. The summed E-state index contributed by atoms with van der Waals surface area (Å²) in [5.41, 5.74) is 3.74. The molecule has 130 valence electrons. The Balaban J connectivity index is 1.66. The van der Waals surface area contributed by atoms with E-state index in [-0.39, 0.29) is 5.82 Å². The SMILES string of the molecule is Cc1cccc(C)c1C(=O)NC(=O)Nc1cnc(-c2ccccc2)cn1. The van der Waals surface area contributed by atoms with Crippen molar-refractivity contribution in [2.45, 2.75) is 13.8 Å². The minimum atomic E-state index is -0.653. The molecule has 1 heterocycles. The maximum absolute atomic E-state index is 12.3. The number of carbonyl (C=O) groups is 2. The molecule has 0 bridgehead atoms. The molecule has 6 heteroatoms. The second kappa shape index (κ2) is 7.57. The third-order valence-electron chi connectivity index (χ3n) is 3.90. The van der Waals surface area contributed by atoms with E-state index in [2.05, 4.69) is 20.6 Å². The molecule has 0 saturated heterocycles. The van der Waals surface area contributed by atoms with Crippen molar-refractivity contribution < 1.29 is 9.59 Å². The lowest BCUT2D eigenvalue weighted by Crippen LogP contribution is -2.35. The summed E-state index contributed by atoms with van der Waals surface area (Å²) >= 11 is 0. The Kier molecular flexibility index (Phi) is 5.03. The van der Waals surface area contributed by atoms with Crippen molar-refractivity contribution in [3.63, 3.8) is 0 Å². The van der Waals surface area contributed by atoms with Gasteiger partial charge in [-0.25, -0.2) is 9.78 Å². The van der Waals surface area contributed by atoms with E-state index < -0.39 is 11.9 Å². The van der Waals surface area contributed by atoms with Crippen molar-refractivity contribution in [2.75, 3.05) is 5.32 Å².